The summed E-state index contributed by atoms with van der Waals surface area (Å²) in [4.78, 5) is 14.1. The van der Waals surface area contributed by atoms with Crippen LogP contribution in [0.3, 0.4) is 0 Å². The molecule has 1 aromatic carbocycles. The normalized spacial score (nSPS) is 14.5. The van der Waals surface area contributed by atoms with Crippen molar-refractivity contribution in [2.75, 3.05) is 6.54 Å². The molecule has 0 fully saturated rings. The van der Waals surface area contributed by atoms with Crippen molar-refractivity contribution in [3.8, 4) is 0 Å². The van der Waals surface area contributed by atoms with Gasteiger partial charge in [0.1, 0.15) is 0 Å². The van der Waals surface area contributed by atoms with Crippen molar-refractivity contribution in [1.82, 2.24) is 15.5 Å². The minimum absolute atomic E-state index is 0.0743. The number of hydrogen-bond acceptors (Lipinski definition) is 2. The van der Waals surface area contributed by atoms with Crippen LogP contribution in [-0.2, 0) is 6.54 Å². The second-order valence-electron chi connectivity index (χ2n) is 6.20. The molecule has 1 aliphatic rings. The van der Waals surface area contributed by atoms with Gasteiger partial charge in [-0.2, -0.15) is 0 Å². The maximum atomic E-state index is 11.9. The molecular formula is C17H22ClN3O. The third kappa shape index (κ3) is 4.53. The van der Waals surface area contributed by atoms with Gasteiger partial charge in [0, 0.05) is 35.5 Å². The third-order valence-corrected chi connectivity index (χ3v) is 3.83. The molecule has 1 aliphatic heterocycles. The van der Waals surface area contributed by atoms with E-state index in [1.807, 2.05) is 42.6 Å². The van der Waals surface area contributed by atoms with E-state index in [9.17, 15) is 4.79 Å². The zero-order valence-corrected chi connectivity index (χ0v) is 13.9. The summed E-state index contributed by atoms with van der Waals surface area (Å²) in [5.74, 6) is 0. The lowest BCUT2D eigenvalue weighted by Gasteiger charge is -2.35. The van der Waals surface area contributed by atoms with Gasteiger partial charge in [0.05, 0.1) is 0 Å². The maximum Gasteiger partial charge on any atom is 0.319 e. The predicted octanol–water partition coefficient (Wildman–Crippen LogP) is 3.65. The molecule has 1 aromatic rings. The zero-order valence-electron chi connectivity index (χ0n) is 13.2. The van der Waals surface area contributed by atoms with Crippen LogP contribution in [0.2, 0.25) is 5.02 Å². The fourth-order valence-electron chi connectivity index (χ4n) is 2.08. The molecule has 0 atom stereocenters. The van der Waals surface area contributed by atoms with Crippen molar-refractivity contribution >= 4 is 17.6 Å². The molecule has 0 aliphatic carbocycles. The molecule has 2 rings (SSSR count). The molecule has 1 heterocycles. The van der Waals surface area contributed by atoms with Crippen LogP contribution in [0.1, 0.15) is 26.3 Å². The molecule has 0 spiro atoms. The Morgan fingerprint density at radius 2 is 2.05 bits per heavy atom. The predicted molar refractivity (Wildman–Crippen MR) is 90.5 cm³/mol. The number of carbonyl (C=O) groups is 1. The van der Waals surface area contributed by atoms with Crippen LogP contribution in [-0.4, -0.2) is 23.0 Å². The van der Waals surface area contributed by atoms with Crippen LogP contribution in [0.4, 0.5) is 4.79 Å². The third-order valence-electron chi connectivity index (χ3n) is 3.46. The molecule has 2 amide bonds. The van der Waals surface area contributed by atoms with Gasteiger partial charge < -0.3 is 15.5 Å². The van der Waals surface area contributed by atoms with E-state index in [1.165, 1.54) is 0 Å². The highest BCUT2D eigenvalue weighted by atomic mass is 35.5. The van der Waals surface area contributed by atoms with E-state index in [0.717, 1.165) is 17.8 Å². The van der Waals surface area contributed by atoms with Gasteiger partial charge in [0.25, 0.3) is 0 Å². The van der Waals surface area contributed by atoms with E-state index in [4.69, 9.17) is 11.6 Å². The van der Waals surface area contributed by atoms with Crippen LogP contribution in [0.25, 0.3) is 0 Å². The molecule has 22 heavy (non-hydrogen) atoms. The summed E-state index contributed by atoms with van der Waals surface area (Å²) in [5, 5.41) is 6.29. The Balaban J connectivity index is 1.83. The summed E-state index contributed by atoms with van der Waals surface area (Å²) in [6.07, 6.45) is 5.91. The Kier molecular flexibility index (Phi) is 5.14. The van der Waals surface area contributed by atoms with Gasteiger partial charge in [0.2, 0.25) is 0 Å². The molecule has 0 radical (unpaired) electrons. The number of hydrogen-bond donors (Lipinski definition) is 2. The van der Waals surface area contributed by atoms with E-state index in [0.29, 0.717) is 11.6 Å². The highest BCUT2D eigenvalue weighted by Crippen LogP contribution is 2.17. The Labute approximate surface area is 136 Å². The minimum Gasteiger partial charge on any atom is -0.369 e. The molecule has 4 nitrogen and oxygen atoms in total. The second kappa shape index (κ2) is 6.88. The Morgan fingerprint density at radius 3 is 2.64 bits per heavy atom. The van der Waals surface area contributed by atoms with Gasteiger partial charge in [-0.05, 0) is 44.6 Å². The van der Waals surface area contributed by atoms with E-state index < -0.39 is 0 Å². The van der Waals surface area contributed by atoms with Gasteiger partial charge in [-0.25, -0.2) is 4.79 Å². The number of amides is 2. The average molecular weight is 320 g/mol. The molecule has 0 aromatic heterocycles. The molecule has 5 heteroatoms. The van der Waals surface area contributed by atoms with Crippen molar-refractivity contribution in [1.29, 1.82) is 0 Å². The smallest absolute Gasteiger partial charge is 0.319 e. The first-order chi connectivity index (χ1) is 10.4. The van der Waals surface area contributed by atoms with E-state index in [-0.39, 0.29) is 11.6 Å². The van der Waals surface area contributed by atoms with Crippen LogP contribution in [0.5, 0.6) is 0 Å². The fourth-order valence-corrected chi connectivity index (χ4v) is 2.28. The summed E-state index contributed by atoms with van der Waals surface area (Å²) >= 11 is 6.06. The topological polar surface area (TPSA) is 44.4 Å². The quantitative estimate of drug-likeness (QED) is 0.893. The number of allylic oxidation sites excluding steroid dienone is 1. The molecule has 0 saturated carbocycles. The van der Waals surface area contributed by atoms with Crippen LogP contribution in [0.15, 0.2) is 48.3 Å². The first-order valence-corrected chi connectivity index (χ1v) is 7.67. The SMILES string of the molecule is CC(C)(C)N1C=CC(NC(=O)NCc2ccccc2Cl)=CC1. The summed E-state index contributed by atoms with van der Waals surface area (Å²) in [6.45, 7) is 7.64. The minimum atomic E-state index is -0.236. The van der Waals surface area contributed by atoms with E-state index in [2.05, 4.69) is 36.3 Å². The first kappa shape index (κ1) is 16.4. The zero-order chi connectivity index (χ0) is 16.2. The lowest BCUT2D eigenvalue weighted by atomic mass is 10.1. The van der Waals surface area contributed by atoms with Crippen LogP contribution in [0, 0.1) is 0 Å². The number of nitrogens with zero attached hydrogens (tertiary/aromatic N) is 1. The van der Waals surface area contributed by atoms with Gasteiger partial charge in [-0.3, -0.25) is 0 Å². The second-order valence-corrected chi connectivity index (χ2v) is 6.60. The molecule has 0 bridgehead atoms. The molecule has 0 unspecified atom stereocenters. The maximum absolute atomic E-state index is 11.9. The lowest BCUT2D eigenvalue weighted by molar-refractivity contribution is 0.222. The van der Waals surface area contributed by atoms with Crippen molar-refractivity contribution in [2.45, 2.75) is 32.9 Å². The Morgan fingerprint density at radius 1 is 1.32 bits per heavy atom. The summed E-state index contributed by atoms with van der Waals surface area (Å²) in [5.41, 5.74) is 1.77. The average Bonchev–Trinajstić information content (AvgIpc) is 2.46. The molecule has 0 saturated heterocycles. The summed E-state index contributed by atoms with van der Waals surface area (Å²) in [6, 6.07) is 7.23. The Bertz CT molecular complexity index is 602. The van der Waals surface area contributed by atoms with Gasteiger partial charge >= 0.3 is 6.03 Å². The monoisotopic (exact) mass is 319 g/mol. The van der Waals surface area contributed by atoms with Crippen LogP contribution >= 0.6 is 11.6 Å². The molecular weight excluding hydrogens is 298 g/mol. The number of urea groups is 1. The van der Waals surface area contributed by atoms with E-state index in [1.54, 1.807) is 0 Å². The standard InChI is InChI=1S/C17H22ClN3O/c1-17(2,3)21-10-8-14(9-11-21)20-16(22)19-12-13-6-4-5-7-15(13)18/h4-10H,11-12H2,1-3H3,(H2,19,20,22). The highest BCUT2D eigenvalue weighted by Gasteiger charge is 2.19. The number of nitrogens with one attached hydrogen (secondary N) is 2. The van der Waals surface area contributed by atoms with E-state index >= 15 is 0 Å². The fraction of sp³-hybridized carbons (Fsp3) is 0.353. The molecule has 118 valence electrons. The highest BCUT2D eigenvalue weighted by molar-refractivity contribution is 6.31. The van der Waals surface area contributed by atoms with Crippen molar-refractivity contribution < 1.29 is 4.79 Å². The van der Waals surface area contributed by atoms with Crippen molar-refractivity contribution in [2.24, 2.45) is 0 Å². The van der Waals surface area contributed by atoms with Gasteiger partial charge in [0.15, 0.2) is 0 Å². The van der Waals surface area contributed by atoms with Crippen LogP contribution < -0.4 is 10.6 Å². The number of halogens is 1. The van der Waals surface area contributed by atoms with Crippen molar-refractivity contribution in [3.05, 3.63) is 58.9 Å². The summed E-state index contributed by atoms with van der Waals surface area (Å²) in [7, 11) is 0. The summed E-state index contributed by atoms with van der Waals surface area (Å²) < 4.78 is 0. The number of carbonyl (C=O) groups excluding carboxylic acids is 1. The van der Waals surface area contributed by atoms with Gasteiger partial charge in [-0.1, -0.05) is 29.8 Å². The van der Waals surface area contributed by atoms with Gasteiger partial charge in [-0.15, -0.1) is 0 Å². The number of rotatable bonds is 3. The van der Waals surface area contributed by atoms with Crippen molar-refractivity contribution in [3.63, 3.8) is 0 Å². The first-order valence-electron chi connectivity index (χ1n) is 7.29. The number of benzene rings is 1. The molecule has 2 N–H and O–H groups in total. The largest absolute Gasteiger partial charge is 0.369 e. The Hall–Kier alpha value is -1.94. The lowest BCUT2D eigenvalue weighted by Crippen LogP contribution is -2.40.